The van der Waals surface area contributed by atoms with Gasteiger partial charge < -0.3 is 34.4 Å². The molecule has 1 atom stereocenters. The number of phenols is 1. The topological polar surface area (TPSA) is 124 Å². The molecule has 5 aromatic rings. The highest BCUT2D eigenvalue weighted by Gasteiger charge is 2.32. The van der Waals surface area contributed by atoms with Gasteiger partial charge in [-0.25, -0.2) is 4.79 Å². The van der Waals surface area contributed by atoms with Crippen LogP contribution in [0.3, 0.4) is 0 Å². The van der Waals surface area contributed by atoms with Gasteiger partial charge in [-0.1, -0.05) is 42.5 Å². The number of carbonyl (C=O) groups is 4. The summed E-state index contributed by atoms with van der Waals surface area (Å²) < 4.78 is 7.70. The molecular formula is C44H45N5O6. The first-order valence-electron chi connectivity index (χ1n) is 18.4. The fourth-order valence-corrected chi connectivity index (χ4v) is 7.45. The second kappa shape index (κ2) is 15.2. The van der Waals surface area contributed by atoms with Crippen LogP contribution >= 0.6 is 0 Å². The van der Waals surface area contributed by atoms with Crippen molar-refractivity contribution in [3.8, 4) is 22.8 Å². The van der Waals surface area contributed by atoms with E-state index < -0.39 is 6.09 Å². The summed E-state index contributed by atoms with van der Waals surface area (Å²) in [6.07, 6.45) is 0.721. The Labute approximate surface area is 320 Å². The van der Waals surface area contributed by atoms with Crippen LogP contribution < -0.4 is 10.1 Å². The number of nitrogens with one attached hydrogen (secondary N) is 1. The number of amides is 4. The maximum Gasteiger partial charge on any atom is 0.415 e. The highest BCUT2D eigenvalue weighted by molar-refractivity contribution is 6.03. The molecular weight excluding hydrogens is 695 g/mol. The summed E-state index contributed by atoms with van der Waals surface area (Å²) in [6, 6.07) is 27.2. The average molecular weight is 740 g/mol. The lowest BCUT2D eigenvalue weighted by molar-refractivity contribution is 0.0658. The Bertz CT molecular complexity index is 2310. The SMILES string of the molecule is Cc1c(C(=O)NCc2ccc(O)cc2)cc(-c2cc3c(cc2C(=O)N2Cc4ccccc4C[C@H]2C)CN(C(=O)Oc2cccc(C(=O)N(C)C)c2)CC3)n1C. The Hall–Kier alpha value is -6.36. The third kappa shape index (κ3) is 7.55. The van der Waals surface area contributed by atoms with Crippen molar-refractivity contribution < 1.29 is 29.0 Å². The molecule has 7 rings (SSSR count). The van der Waals surface area contributed by atoms with Crippen molar-refractivity contribution in [1.82, 2.24) is 24.6 Å². The van der Waals surface area contributed by atoms with E-state index in [9.17, 15) is 24.3 Å². The molecule has 0 aliphatic carbocycles. The minimum atomic E-state index is -0.542. The van der Waals surface area contributed by atoms with Crippen LogP contribution in [0.2, 0.25) is 0 Å². The van der Waals surface area contributed by atoms with Gasteiger partial charge in [-0.3, -0.25) is 14.4 Å². The summed E-state index contributed by atoms with van der Waals surface area (Å²) in [4.78, 5) is 59.3. The maximum atomic E-state index is 14.8. The summed E-state index contributed by atoms with van der Waals surface area (Å²) in [6.45, 7) is 5.34. The maximum absolute atomic E-state index is 14.8. The van der Waals surface area contributed by atoms with Crippen molar-refractivity contribution in [3.63, 3.8) is 0 Å². The number of nitrogens with zero attached hydrogens (tertiary/aromatic N) is 4. The molecule has 55 heavy (non-hydrogen) atoms. The van der Waals surface area contributed by atoms with Crippen LogP contribution in [0.1, 0.15) is 71.5 Å². The van der Waals surface area contributed by atoms with Gasteiger partial charge in [-0.2, -0.15) is 0 Å². The van der Waals surface area contributed by atoms with Crippen molar-refractivity contribution in [2.45, 2.75) is 52.4 Å². The van der Waals surface area contributed by atoms with Crippen molar-refractivity contribution in [2.75, 3.05) is 20.6 Å². The summed E-state index contributed by atoms with van der Waals surface area (Å²) in [5.74, 6) is -0.134. The molecule has 0 radical (unpaired) electrons. The zero-order valence-electron chi connectivity index (χ0n) is 31.8. The smallest absolute Gasteiger partial charge is 0.415 e. The quantitative estimate of drug-likeness (QED) is 0.197. The van der Waals surface area contributed by atoms with E-state index in [0.717, 1.165) is 45.6 Å². The van der Waals surface area contributed by atoms with E-state index in [0.29, 0.717) is 36.2 Å². The Morgan fingerprint density at radius 3 is 2.35 bits per heavy atom. The van der Waals surface area contributed by atoms with Gasteiger partial charge in [0.15, 0.2) is 0 Å². The van der Waals surface area contributed by atoms with Crippen LogP contribution in [0.25, 0.3) is 11.3 Å². The van der Waals surface area contributed by atoms with E-state index in [1.165, 1.54) is 10.5 Å². The van der Waals surface area contributed by atoms with Gasteiger partial charge in [0.25, 0.3) is 17.7 Å². The van der Waals surface area contributed by atoms with Crippen LogP contribution in [-0.2, 0) is 39.5 Å². The zero-order valence-corrected chi connectivity index (χ0v) is 31.8. The molecule has 0 bridgehead atoms. The monoisotopic (exact) mass is 739 g/mol. The van der Waals surface area contributed by atoms with E-state index in [4.69, 9.17) is 4.74 Å². The van der Waals surface area contributed by atoms with Crippen LogP contribution in [-0.4, -0.2) is 74.9 Å². The van der Waals surface area contributed by atoms with E-state index >= 15 is 0 Å². The number of carbonyl (C=O) groups excluding carboxylic acids is 4. The predicted octanol–water partition coefficient (Wildman–Crippen LogP) is 6.48. The lowest BCUT2D eigenvalue weighted by Gasteiger charge is -2.36. The van der Waals surface area contributed by atoms with Crippen molar-refractivity contribution in [2.24, 2.45) is 7.05 Å². The second-order valence-electron chi connectivity index (χ2n) is 14.6. The van der Waals surface area contributed by atoms with Crippen molar-refractivity contribution in [3.05, 3.63) is 141 Å². The standard InChI is InChI=1S/C44H45N5O6/c1-27-19-30-9-6-7-10-33(30)26-49(27)43(53)39-22-34-25-48(44(54)55-36-12-8-11-32(20-36)42(52)46(3)4)18-17-31(34)21-38(39)40-23-37(28(2)47(40)5)41(51)45-24-29-13-15-35(50)16-14-29/h6-16,20-23,27,50H,17-19,24-26H2,1-5H3,(H,45,51)/t27-/m1/s1. The number of phenolic OH excluding ortho intramolecular Hbond substituents is 1. The van der Waals surface area contributed by atoms with E-state index in [-0.39, 0.29) is 48.4 Å². The molecule has 3 heterocycles. The Morgan fingerprint density at radius 2 is 1.60 bits per heavy atom. The molecule has 11 nitrogen and oxygen atoms in total. The Balaban J connectivity index is 1.21. The van der Waals surface area contributed by atoms with Crippen LogP contribution in [0, 0.1) is 6.92 Å². The molecule has 2 aliphatic heterocycles. The number of rotatable bonds is 7. The molecule has 0 saturated carbocycles. The first-order chi connectivity index (χ1) is 26.4. The first kappa shape index (κ1) is 37.0. The summed E-state index contributed by atoms with van der Waals surface area (Å²) >= 11 is 0. The van der Waals surface area contributed by atoms with Crippen LogP contribution in [0.4, 0.5) is 4.79 Å². The highest BCUT2D eigenvalue weighted by atomic mass is 16.6. The molecule has 1 aromatic heterocycles. The molecule has 0 saturated heterocycles. The summed E-state index contributed by atoms with van der Waals surface area (Å²) in [5, 5.41) is 12.6. The van der Waals surface area contributed by atoms with E-state index in [1.54, 1.807) is 67.5 Å². The lowest BCUT2D eigenvalue weighted by Crippen LogP contribution is -2.43. The summed E-state index contributed by atoms with van der Waals surface area (Å²) in [5.41, 5.74) is 8.65. The second-order valence-corrected chi connectivity index (χ2v) is 14.6. The van der Waals surface area contributed by atoms with Crippen LogP contribution in [0.5, 0.6) is 11.5 Å². The molecule has 0 fully saturated rings. The molecule has 4 aromatic carbocycles. The average Bonchev–Trinajstić information content (AvgIpc) is 3.48. The third-order valence-electron chi connectivity index (χ3n) is 10.7. The van der Waals surface area contributed by atoms with Crippen molar-refractivity contribution >= 4 is 23.8 Å². The predicted molar refractivity (Wildman–Crippen MR) is 209 cm³/mol. The number of benzene rings is 4. The minimum Gasteiger partial charge on any atom is -0.508 e. The van der Waals surface area contributed by atoms with Gasteiger partial charge in [0.2, 0.25) is 0 Å². The Kier molecular flexibility index (Phi) is 10.2. The van der Waals surface area contributed by atoms with Gasteiger partial charge in [0.1, 0.15) is 11.5 Å². The van der Waals surface area contributed by atoms with Crippen LogP contribution in [0.15, 0.2) is 91.0 Å². The zero-order chi connectivity index (χ0) is 39.0. The molecule has 11 heteroatoms. The number of fused-ring (bicyclic) bond motifs is 2. The molecule has 4 amide bonds. The number of hydrogen-bond donors (Lipinski definition) is 2. The summed E-state index contributed by atoms with van der Waals surface area (Å²) in [7, 11) is 5.22. The molecule has 0 spiro atoms. The largest absolute Gasteiger partial charge is 0.508 e. The lowest BCUT2D eigenvalue weighted by atomic mass is 9.90. The minimum absolute atomic E-state index is 0.0516. The molecule has 282 valence electrons. The fourth-order valence-electron chi connectivity index (χ4n) is 7.45. The van der Waals surface area contributed by atoms with E-state index in [2.05, 4.69) is 24.4 Å². The van der Waals surface area contributed by atoms with Gasteiger partial charge in [0, 0.05) is 81.4 Å². The first-order valence-corrected chi connectivity index (χ1v) is 18.4. The van der Waals surface area contributed by atoms with E-state index in [1.807, 2.05) is 53.8 Å². The van der Waals surface area contributed by atoms with Gasteiger partial charge in [-0.05, 0) is 103 Å². The molecule has 0 unspecified atom stereocenters. The molecule has 2 aliphatic rings. The molecule has 2 N–H and O–H groups in total. The normalized spacial score (nSPS) is 14.8. The van der Waals surface area contributed by atoms with Gasteiger partial charge in [-0.15, -0.1) is 0 Å². The van der Waals surface area contributed by atoms with Gasteiger partial charge >= 0.3 is 6.09 Å². The number of aromatic nitrogens is 1. The van der Waals surface area contributed by atoms with Crippen molar-refractivity contribution in [1.29, 1.82) is 0 Å². The fraction of sp³-hybridized carbons (Fsp3) is 0.273. The van der Waals surface area contributed by atoms with Gasteiger partial charge in [0.05, 0.1) is 5.56 Å². The number of hydrogen-bond acceptors (Lipinski definition) is 6. The number of aromatic hydroxyl groups is 1. The third-order valence-corrected chi connectivity index (χ3v) is 10.7. The highest BCUT2D eigenvalue weighted by Crippen LogP contribution is 2.35. The number of ether oxygens (including phenoxy) is 1. The Morgan fingerprint density at radius 1 is 0.855 bits per heavy atom.